The average molecular weight is 301 g/mol. The van der Waals surface area contributed by atoms with Gasteiger partial charge in [0.1, 0.15) is 12.1 Å². The number of unbranched alkanes of at least 4 members (excludes halogenated alkanes) is 2. The van der Waals surface area contributed by atoms with Crippen LogP contribution in [0.5, 0.6) is 0 Å². The molecule has 0 radical (unpaired) electrons. The molecular formula is C16H31NO4. The minimum Gasteiger partial charge on any atom is -0.464 e. The Morgan fingerprint density at radius 2 is 1.81 bits per heavy atom. The molecule has 0 aromatic rings. The summed E-state index contributed by atoms with van der Waals surface area (Å²) in [6.07, 6.45) is 4.30. The lowest BCUT2D eigenvalue weighted by Crippen LogP contribution is -2.34. The van der Waals surface area contributed by atoms with Gasteiger partial charge in [0.15, 0.2) is 0 Å². The van der Waals surface area contributed by atoms with Crippen LogP contribution in [0.15, 0.2) is 0 Å². The van der Waals surface area contributed by atoms with Gasteiger partial charge in [-0.25, -0.2) is 0 Å². The van der Waals surface area contributed by atoms with Crippen molar-refractivity contribution >= 4 is 11.9 Å². The van der Waals surface area contributed by atoms with E-state index >= 15 is 0 Å². The number of ether oxygens (including phenoxy) is 2. The van der Waals surface area contributed by atoms with Crippen LogP contribution in [0.3, 0.4) is 0 Å². The molecule has 0 saturated carbocycles. The number of carbonyl (C=O) groups excluding carboxylic acids is 2. The van der Waals surface area contributed by atoms with Crippen LogP contribution in [-0.4, -0.2) is 30.7 Å². The fourth-order valence-corrected chi connectivity index (χ4v) is 1.90. The summed E-state index contributed by atoms with van der Waals surface area (Å²) in [4.78, 5) is 23.1. The molecule has 0 spiro atoms. The van der Waals surface area contributed by atoms with Crippen molar-refractivity contribution in [1.29, 1.82) is 0 Å². The molecule has 5 heteroatoms. The Balaban J connectivity index is 3.76. The molecule has 0 rings (SSSR count). The van der Waals surface area contributed by atoms with Crippen molar-refractivity contribution in [1.82, 2.24) is 0 Å². The highest BCUT2D eigenvalue weighted by atomic mass is 16.6. The highest BCUT2D eigenvalue weighted by molar-refractivity contribution is 5.75. The molecule has 5 nitrogen and oxygen atoms in total. The van der Waals surface area contributed by atoms with Crippen molar-refractivity contribution in [3.05, 3.63) is 0 Å². The second-order valence-electron chi connectivity index (χ2n) is 5.95. The highest BCUT2D eigenvalue weighted by Gasteiger charge is 2.17. The summed E-state index contributed by atoms with van der Waals surface area (Å²) in [7, 11) is 0. The molecule has 124 valence electrons. The quantitative estimate of drug-likeness (QED) is 0.469. The zero-order valence-corrected chi connectivity index (χ0v) is 13.9. The largest absolute Gasteiger partial charge is 0.464 e. The number of rotatable bonds is 11. The van der Waals surface area contributed by atoms with E-state index in [1.54, 1.807) is 6.92 Å². The van der Waals surface area contributed by atoms with E-state index in [1.807, 2.05) is 13.8 Å². The van der Waals surface area contributed by atoms with Gasteiger partial charge >= 0.3 is 11.9 Å². The number of hydrogen-bond donors (Lipinski definition) is 1. The lowest BCUT2D eigenvalue weighted by Gasteiger charge is -2.16. The van der Waals surface area contributed by atoms with Gasteiger partial charge in [-0.1, -0.05) is 33.6 Å². The maximum absolute atomic E-state index is 11.6. The number of hydrogen-bond acceptors (Lipinski definition) is 5. The highest BCUT2D eigenvalue weighted by Crippen LogP contribution is 2.07. The van der Waals surface area contributed by atoms with Gasteiger partial charge in [-0.2, -0.15) is 0 Å². The Hall–Kier alpha value is -1.10. The molecule has 0 unspecified atom stereocenters. The van der Waals surface area contributed by atoms with Crippen molar-refractivity contribution in [2.75, 3.05) is 6.61 Å². The topological polar surface area (TPSA) is 78.6 Å². The monoisotopic (exact) mass is 301 g/mol. The summed E-state index contributed by atoms with van der Waals surface area (Å²) in [5.41, 5.74) is 5.72. The molecule has 0 aliphatic rings. The van der Waals surface area contributed by atoms with Crippen LogP contribution in [0.1, 0.15) is 66.2 Å². The zero-order valence-electron chi connectivity index (χ0n) is 13.9. The third kappa shape index (κ3) is 11.3. The van der Waals surface area contributed by atoms with Crippen molar-refractivity contribution in [3.63, 3.8) is 0 Å². The molecule has 21 heavy (non-hydrogen) atoms. The molecule has 2 atom stereocenters. The second-order valence-corrected chi connectivity index (χ2v) is 5.95. The van der Waals surface area contributed by atoms with E-state index in [0.29, 0.717) is 25.2 Å². The van der Waals surface area contributed by atoms with Crippen molar-refractivity contribution in [2.45, 2.75) is 78.4 Å². The van der Waals surface area contributed by atoms with E-state index in [9.17, 15) is 9.59 Å². The summed E-state index contributed by atoms with van der Waals surface area (Å²) in [6, 6.07) is -0.572. The first-order valence-corrected chi connectivity index (χ1v) is 7.98. The van der Waals surface area contributed by atoms with E-state index in [4.69, 9.17) is 15.2 Å². The normalized spacial score (nSPS) is 13.8. The molecule has 0 saturated heterocycles. The average Bonchev–Trinajstić information content (AvgIpc) is 2.37. The summed E-state index contributed by atoms with van der Waals surface area (Å²) >= 11 is 0. The van der Waals surface area contributed by atoms with Gasteiger partial charge in [-0.15, -0.1) is 0 Å². The van der Waals surface area contributed by atoms with Crippen LogP contribution in [0.2, 0.25) is 0 Å². The van der Waals surface area contributed by atoms with Gasteiger partial charge in [0.2, 0.25) is 0 Å². The number of carbonyl (C=O) groups is 2. The standard InChI is InChI=1S/C16H31NO4/c1-5-6-7-8-15(18)21-13(4)9-10-20-16(19)14(17)11-12(2)3/h12-14H,5-11,17H2,1-4H3/t13-,14+/m1/s1. The fourth-order valence-electron chi connectivity index (χ4n) is 1.90. The van der Waals surface area contributed by atoms with Crippen LogP contribution < -0.4 is 5.73 Å². The molecule has 0 aliphatic carbocycles. The molecular weight excluding hydrogens is 270 g/mol. The molecule has 0 aliphatic heterocycles. The second kappa shape index (κ2) is 11.5. The van der Waals surface area contributed by atoms with Gasteiger partial charge in [-0.3, -0.25) is 9.59 Å². The van der Waals surface area contributed by atoms with Gasteiger partial charge in [0.25, 0.3) is 0 Å². The van der Waals surface area contributed by atoms with E-state index in [0.717, 1.165) is 19.3 Å². The Labute approximate surface area is 128 Å². The van der Waals surface area contributed by atoms with Crippen LogP contribution in [0.25, 0.3) is 0 Å². The summed E-state index contributed by atoms with van der Waals surface area (Å²) in [5.74, 6) is -0.209. The maximum Gasteiger partial charge on any atom is 0.322 e. The third-order valence-corrected chi connectivity index (χ3v) is 3.11. The fraction of sp³-hybridized carbons (Fsp3) is 0.875. The van der Waals surface area contributed by atoms with Crippen LogP contribution in [0.4, 0.5) is 0 Å². The predicted octanol–water partition coefficient (Wildman–Crippen LogP) is 2.81. The van der Waals surface area contributed by atoms with Gasteiger partial charge in [0, 0.05) is 12.8 Å². The third-order valence-electron chi connectivity index (χ3n) is 3.11. The van der Waals surface area contributed by atoms with E-state index in [-0.39, 0.29) is 24.6 Å². The minimum absolute atomic E-state index is 0.182. The maximum atomic E-state index is 11.6. The Morgan fingerprint density at radius 1 is 1.14 bits per heavy atom. The first kappa shape index (κ1) is 19.9. The summed E-state index contributed by atoms with van der Waals surface area (Å²) in [6.45, 7) is 8.14. The lowest BCUT2D eigenvalue weighted by molar-refractivity contribution is -0.151. The minimum atomic E-state index is -0.572. The van der Waals surface area contributed by atoms with Gasteiger partial charge < -0.3 is 15.2 Å². The molecule has 0 aromatic carbocycles. The van der Waals surface area contributed by atoms with Crippen molar-refractivity contribution in [2.24, 2.45) is 11.7 Å². The predicted molar refractivity (Wildman–Crippen MR) is 82.7 cm³/mol. The van der Waals surface area contributed by atoms with Gasteiger partial charge in [-0.05, 0) is 25.7 Å². The van der Waals surface area contributed by atoms with E-state index in [1.165, 1.54) is 0 Å². The zero-order chi connectivity index (χ0) is 16.3. The molecule has 2 N–H and O–H groups in total. The van der Waals surface area contributed by atoms with Crippen LogP contribution in [-0.2, 0) is 19.1 Å². The Bertz CT molecular complexity index is 305. The smallest absolute Gasteiger partial charge is 0.322 e. The van der Waals surface area contributed by atoms with Gasteiger partial charge in [0.05, 0.1) is 6.61 Å². The Morgan fingerprint density at radius 3 is 2.38 bits per heavy atom. The lowest BCUT2D eigenvalue weighted by atomic mass is 10.1. The van der Waals surface area contributed by atoms with Crippen molar-refractivity contribution < 1.29 is 19.1 Å². The Kier molecular flexibility index (Phi) is 10.9. The van der Waals surface area contributed by atoms with E-state index in [2.05, 4.69) is 6.92 Å². The summed E-state index contributed by atoms with van der Waals surface area (Å²) < 4.78 is 10.3. The first-order chi connectivity index (χ1) is 9.86. The molecule has 0 amide bonds. The van der Waals surface area contributed by atoms with Crippen LogP contribution in [0, 0.1) is 5.92 Å². The number of nitrogens with two attached hydrogens (primary N) is 1. The first-order valence-electron chi connectivity index (χ1n) is 7.98. The van der Waals surface area contributed by atoms with Crippen LogP contribution >= 0.6 is 0 Å². The summed E-state index contributed by atoms with van der Waals surface area (Å²) in [5, 5.41) is 0. The van der Waals surface area contributed by atoms with E-state index < -0.39 is 6.04 Å². The number of esters is 2. The molecule has 0 heterocycles. The molecule has 0 bridgehead atoms. The molecule has 0 fully saturated rings. The SMILES string of the molecule is CCCCCC(=O)O[C@H](C)CCOC(=O)[C@@H](N)CC(C)C. The molecule has 0 aromatic heterocycles. The van der Waals surface area contributed by atoms with Crippen molar-refractivity contribution in [3.8, 4) is 0 Å².